The number of benzene rings is 1. The van der Waals surface area contributed by atoms with Crippen LogP contribution in [0.2, 0.25) is 0 Å². The van der Waals surface area contributed by atoms with Gasteiger partial charge in [0.15, 0.2) is 11.6 Å². The smallest absolute Gasteiger partial charge is 0.224 e. The number of hydrogen-bond acceptors (Lipinski definition) is 5. The number of carbonyl (C=O) groups excluding carboxylic acids is 1. The van der Waals surface area contributed by atoms with E-state index in [0.29, 0.717) is 29.6 Å². The molecule has 30 heavy (non-hydrogen) atoms. The zero-order chi connectivity index (χ0) is 21.9. The van der Waals surface area contributed by atoms with E-state index in [1.54, 1.807) is 19.3 Å². The first-order valence-electron chi connectivity index (χ1n) is 10.5. The van der Waals surface area contributed by atoms with E-state index >= 15 is 0 Å². The number of aromatic nitrogens is 1. The van der Waals surface area contributed by atoms with Crippen LogP contribution in [0.5, 0.6) is 5.75 Å². The van der Waals surface area contributed by atoms with Crippen LogP contribution >= 0.6 is 0 Å². The number of hydrogen-bond donors (Lipinski definition) is 3. The number of aryl methyl sites for hydroxylation is 1. The largest absolute Gasteiger partial charge is 0.407 e. The SMILES string of the molecule is C=C(C)CC(C)CCCCC(=O)Nc1cc(ONC)cnc1Nc1ccccc1C. The Morgan fingerprint density at radius 2 is 2.00 bits per heavy atom. The molecule has 1 aromatic carbocycles. The van der Waals surface area contributed by atoms with Crippen molar-refractivity contribution in [2.75, 3.05) is 17.7 Å². The number of carbonyl (C=O) groups is 1. The number of nitrogens with zero attached hydrogens (tertiary/aromatic N) is 1. The molecule has 0 fully saturated rings. The van der Waals surface area contributed by atoms with Crippen molar-refractivity contribution in [1.29, 1.82) is 0 Å². The topological polar surface area (TPSA) is 75.3 Å². The van der Waals surface area contributed by atoms with Gasteiger partial charge < -0.3 is 15.5 Å². The summed E-state index contributed by atoms with van der Waals surface area (Å²) in [4.78, 5) is 22.3. The minimum atomic E-state index is -0.0289. The predicted molar refractivity (Wildman–Crippen MR) is 124 cm³/mol. The van der Waals surface area contributed by atoms with Crippen LogP contribution in [0, 0.1) is 12.8 Å². The highest BCUT2D eigenvalue weighted by Gasteiger charge is 2.12. The van der Waals surface area contributed by atoms with Crippen molar-refractivity contribution in [2.24, 2.45) is 5.92 Å². The first-order valence-corrected chi connectivity index (χ1v) is 10.5. The number of anilines is 3. The summed E-state index contributed by atoms with van der Waals surface area (Å²) >= 11 is 0. The second kappa shape index (κ2) is 12.0. The monoisotopic (exact) mass is 410 g/mol. The van der Waals surface area contributed by atoms with E-state index in [0.717, 1.165) is 36.9 Å². The van der Waals surface area contributed by atoms with Crippen LogP contribution in [0.1, 0.15) is 51.5 Å². The molecule has 1 amide bonds. The van der Waals surface area contributed by atoms with E-state index in [2.05, 4.69) is 41.5 Å². The minimum Gasteiger partial charge on any atom is -0.407 e. The lowest BCUT2D eigenvalue weighted by Gasteiger charge is -2.15. The van der Waals surface area contributed by atoms with Crippen molar-refractivity contribution in [1.82, 2.24) is 10.5 Å². The molecule has 0 aliphatic carbocycles. The molecule has 0 radical (unpaired) electrons. The van der Waals surface area contributed by atoms with Gasteiger partial charge >= 0.3 is 0 Å². The van der Waals surface area contributed by atoms with Gasteiger partial charge in [-0.1, -0.05) is 43.5 Å². The Balaban J connectivity index is 1.99. The molecule has 1 unspecified atom stereocenters. The maximum atomic E-state index is 12.5. The van der Waals surface area contributed by atoms with Gasteiger partial charge in [-0.25, -0.2) is 4.98 Å². The van der Waals surface area contributed by atoms with Gasteiger partial charge in [-0.3, -0.25) is 4.79 Å². The van der Waals surface area contributed by atoms with E-state index < -0.39 is 0 Å². The van der Waals surface area contributed by atoms with Crippen LogP contribution in [0.15, 0.2) is 48.7 Å². The molecule has 0 aliphatic rings. The Labute approximate surface area is 180 Å². The number of rotatable bonds is 12. The van der Waals surface area contributed by atoms with E-state index in [4.69, 9.17) is 4.84 Å². The van der Waals surface area contributed by atoms with Crippen molar-refractivity contribution >= 4 is 23.1 Å². The van der Waals surface area contributed by atoms with Gasteiger partial charge in [0.05, 0.1) is 11.9 Å². The maximum absolute atomic E-state index is 12.5. The molecule has 2 aromatic rings. The van der Waals surface area contributed by atoms with Crippen LogP contribution in [0.4, 0.5) is 17.2 Å². The molecular formula is C24H34N4O2. The van der Waals surface area contributed by atoms with E-state index in [1.165, 1.54) is 5.57 Å². The number of nitrogens with one attached hydrogen (secondary N) is 3. The third kappa shape index (κ3) is 7.87. The second-order valence-corrected chi connectivity index (χ2v) is 7.87. The van der Waals surface area contributed by atoms with E-state index in [1.807, 2.05) is 31.2 Å². The fourth-order valence-corrected chi connectivity index (χ4v) is 3.34. The lowest BCUT2D eigenvalue weighted by atomic mass is 9.97. The first kappa shape index (κ1) is 23.4. The van der Waals surface area contributed by atoms with Gasteiger partial charge in [0.2, 0.25) is 5.91 Å². The fraction of sp³-hybridized carbons (Fsp3) is 0.417. The molecule has 1 aromatic heterocycles. The lowest BCUT2D eigenvalue weighted by molar-refractivity contribution is -0.116. The van der Waals surface area contributed by atoms with Crippen LogP contribution in [0.25, 0.3) is 0 Å². The Morgan fingerprint density at radius 1 is 1.23 bits per heavy atom. The summed E-state index contributed by atoms with van der Waals surface area (Å²) in [6.45, 7) is 10.3. The number of hydroxylamine groups is 1. The molecule has 0 saturated heterocycles. The lowest BCUT2D eigenvalue weighted by Crippen LogP contribution is -2.15. The highest BCUT2D eigenvalue weighted by atomic mass is 16.6. The normalized spacial score (nSPS) is 11.6. The third-order valence-corrected chi connectivity index (χ3v) is 4.80. The Bertz CT molecular complexity index is 851. The molecule has 6 nitrogen and oxygen atoms in total. The van der Waals surface area contributed by atoms with E-state index in [9.17, 15) is 4.79 Å². The average molecular weight is 411 g/mol. The highest BCUT2D eigenvalue weighted by Crippen LogP contribution is 2.28. The minimum absolute atomic E-state index is 0.0289. The summed E-state index contributed by atoms with van der Waals surface area (Å²) in [6.07, 6.45) is 6.11. The number of para-hydroxylation sites is 1. The van der Waals surface area contributed by atoms with Crippen molar-refractivity contribution in [2.45, 2.75) is 52.9 Å². The van der Waals surface area contributed by atoms with Crippen LogP contribution in [0.3, 0.4) is 0 Å². The second-order valence-electron chi connectivity index (χ2n) is 7.87. The molecular weight excluding hydrogens is 376 g/mol. The first-order chi connectivity index (χ1) is 14.4. The molecule has 6 heteroatoms. The molecule has 0 spiro atoms. The maximum Gasteiger partial charge on any atom is 0.224 e. The molecule has 1 atom stereocenters. The number of amides is 1. The highest BCUT2D eigenvalue weighted by molar-refractivity contribution is 5.94. The molecule has 1 heterocycles. The van der Waals surface area contributed by atoms with Gasteiger partial charge in [-0.2, -0.15) is 5.48 Å². The van der Waals surface area contributed by atoms with Crippen molar-refractivity contribution in [3.05, 3.63) is 54.2 Å². The van der Waals surface area contributed by atoms with Crippen molar-refractivity contribution in [3.63, 3.8) is 0 Å². The summed E-state index contributed by atoms with van der Waals surface area (Å²) in [7, 11) is 1.67. The number of pyridine rings is 1. The standard InChI is InChI=1S/C24H34N4O2/c1-17(2)14-18(3)10-6-9-13-23(29)27-22-15-20(30-25-5)16-26-24(22)28-21-12-8-7-11-19(21)4/h7-8,11-12,15-16,18,25H,1,6,9-10,13-14H2,2-5H3,(H,26,28)(H,27,29). The number of allylic oxidation sites excluding steroid dienone is 1. The predicted octanol–water partition coefficient (Wildman–Crippen LogP) is 5.75. The Hall–Kier alpha value is -2.86. The molecule has 0 saturated carbocycles. The van der Waals surface area contributed by atoms with Crippen LogP contribution in [-0.4, -0.2) is 17.9 Å². The van der Waals surface area contributed by atoms with Gasteiger partial charge in [0.25, 0.3) is 0 Å². The van der Waals surface area contributed by atoms with Crippen LogP contribution in [-0.2, 0) is 4.79 Å². The molecule has 0 aliphatic heterocycles. The Kier molecular flexibility index (Phi) is 9.35. The van der Waals surface area contributed by atoms with Gasteiger partial charge in [0, 0.05) is 25.2 Å². The molecule has 162 valence electrons. The zero-order valence-electron chi connectivity index (χ0n) is 18.5. The molecule has 3 N–H and O–H groups in total. The summed E-state index contributed by atoms with van der Waals surface area (Å²) in [5.41, 5.74) is 6.46. The van der Waals surface area contributed by atoms with E-state index in [-0.39, 0.29) is 5.91 Å². The molecule has 0 bridgehead atoms. The van der Waals surface area contributed by atoms with Gasteiger partial charge in [-0.15, -0.1) is 6.58 Å². The summed E-state index contributed by atoms with van der Waals surface area (Å²) in [5.74, 6) is 1.68. The van der Waals surface area contributed by atoms with Crippen LogP contribution < -0.4 is 21.0 Å². The number of unbranched alkanes of at least 4 members (excludes halogenated alkanes) is 1. The quantitative estimate of drug-likeness (QED) is 0.236. The van der Waals surface area contributed by atoms with Crippen molar-refractivity contribution < 1.29 is 9.63 Å². The average Bonchev–Trinajstić information content (AvgIpc) is 2.68. The summed E-state index contributed by atoms with van der Waals surface area (Å²) < 4.78 is 0. The Morgan fingerprint density at radius 3 is 2.70 bits per heavy atom. The zero-order valence-corrected chi connectivity index (χ0v) is 18.5. The van der Waals surface area contributed by atoms with Gasteiger partial charge in [0.1, 0.15) is 0 Å². The molecule has 2 rings (SSSR count). The summed E-state index contributed by atoms with van der Waals surface area (Å²) in [6, 6.07) is 9.70. The third-order valence-electron chi connectivity index (χ3n) is 4.80. The van der Waals surface area contributed by atoms with Gasteiger partial charge in [-0.05, 0) is 44.2 Å². The fourth-order valence-electron chi connectivity index (χ4n) is 3.34. The van der Waals surface area contributed by atoms with Crippen molar-refractivity contribution in [3.8, 4) is 5.75 Å². The summed E-state index contributed by atoms with van der Waals surface area (Å²) in [5, 5.41) is 6.29.